The standard InChI is InChI=1S/C20H17NO3/c1-2-23-20(22)17-12-18(24-21-17)19-15-9-5-3-7-13(15)11-14-8-4-6-10-16(14)19/h3-12,18,21H,2H2,1H3. The van der Waals surface area contributed by atoms with E-state index in [1.165, 1.54) is 0 Å². The van der Waals surface area contributed by atoms with E-state index >= 15 is 0 Å². The molecule has 0 bridgehead atoms. The van der Waals surface area contributed by atoms with E-state index in [-0.39, 0.29) is 6.10 Å². The third-order valence-electron chi connectivity index (χ3n) is 4.21. The van der Waals surface area contributed by atoms with Gasteiger partial charge in [-0.05, 0) is 40.6 Å². The molecule has 1 heterocycles. The Morgan fingerprint density at radius 2 is 1.71 bits per heavy atom. The SMILES string of the molecule is CCOC(=O)C1=CC(c2c3ccccc3cc3ccccc23)ON1. The van der Waals surface area contributed by atoms with Crippen LogP contribution in [-0.4, -0.2) is 12.6 Å². The van der Waals surface area contributed by atoms with Crippen molar-refractivity contribution in [3.8, 4) is 0 Å². The van der Waals surface area contributed by atoms with Gasteiger partial charge in [-0.2, -0.15) is 0 Å². The van der Waals surface area contributed by atoms with Crippen LogP contribution in [0.15, 0.2) is 66.4 Å². The molecule has 4 rings (SSSR count). The Morgan fingerprint density at radius 3 is 2.33 bits per heavy atom. The molecule has 120 valence electrons. The summed E-state index contributed by atoms with van der Waals surface area (Å²) < 4.78 is 5.04. The van der Waals surface area contributed by atoms with E-state index in [9.17, 15) is 4.79 Å². The van der Waals surface area contributed by atoms with Crippen LogP contribution in [0.4, 0.5) is 0 Å². The third-order valence-corrected chi connectivity index (χ3v) is 4.21. The molecule has 0 amide bonds. The van der Waals surface area contributed by atoms with Crippen molar-refractivity contribution in [1.82, 2.24) is 5.48 Å². The minimum absolute atomic E-state index is 0.333. The zero-order valence-electron chi connectivity index (χ0n) is 13.3. The Balaban J connectivity index is 1.90. The summed E-state index contributed by atoms with van der Waals surface area (Å²) in [6, 6.07) is 18.6. The lowest BCUT2D eigenvalue weighted by Crippen LogP contribution is -2.17. The first kappa shape index (κ1) is 14.7. The number of fused-ring (bicyclic) bond motifs is 2. The number of esters is 1. The number of nitrogens with one attached hydrogen (secondary N) is 1. The number of ether oxygens (including phenoxy) is 1. The summed E-state index contributed by atoms with van der Waals surface area (Å²) in [5.41, 5.74) is 4.10. The summed E-state index contributed by atoms with van der Waals surface area (Å²) >= 11 is 0. The van der Waals surface area contributed by atoms with Crippen LogP contribution in [0.2, 0.25) is 0 Å². The van der Waals surface area contributed by atoms with Crippen molar-refractivity contribution in [3.05, 3.63) is 71.9 Å². The zero-order valence-corrected chi connectivity index (χ0v) is 13.3. The summed E-state index contributed by atoms with van der Waals surface area (Å²) in [5, 5.41) is 4.52. The fraction of sp³-hybridized carbons (Fsp3) is 0.150. The van der Waals surface area contributed by atoms with E-state index in [0.717, 1.165) is 27.1 Å². The molecule has 0 aliphatic carbocycles. The van der Waals surface area contributed by atoms with E-state index < -0.39 is 5.97 Å². The highest BCUT2D eigenvalue weighted by molar-refractivity contribution is 6.03. The minimum Gasteiger partial charge on any atom is -0.461 e. The van der Waals surface area contributed by atoms with Gasteiger partial charge in [0.05, 0.1) is 6.61 Å². The number of hydroxylamine groups is 1. The highest BCUT2D eigenvalue weighted by Crippen LogP contribution is 2.36. The van der Waals surface area contributed by atoms with Crippen LogP contribution < -0.4 is 5.48 Å². The Bertz CT molecular complexity index is 907. The van der Waals surface area contributed by atoms with Crippen molar-refractivity contribution >= 4 is 27.5 Å². The predicted molar refractivity (Wildman–Crippen MR) is 93.1 cm³/mol. The van der Waals surface area contributed by atoms with Crippen molar-refractivity contribution < 1.29 is 14.4 Å². The van der Waals surface area contributed by atoms with Gasteiger partial charge in [0.1, 0.15) is 11.8 Å². The van der Waals surface area contributed by atoms with Gasteiger partial charge in [0.25, 0.3) is 0 Å². The van der Waals surface area contributed by atoms with Crippen LogP contribution in [-0.2, 0) is 14.4 Å². The molecule has 0 saturated heterocycles. The Hall–Kier alpha value is -2.85. The van der Waals surface area contributed by atoms with Gasteiger partial charge in [-0.1, -0.05) is 48.5 Å². The van der Waals surface area contributed by atoms with E-state index in [0.29, 0.717) is 12.3 Å². The van der Waals surface area contributed by atoms with Gasteiger partial charge >= 0.3 is 5.97 Å². The van der Waals surface area contributed by atoms with E-state index in [1.807, 2.05) is 24.3 Å². The lowest BCUT2D eigenvalue weighted by molar-refractivity contribution is -0.140. The monoisotopic (exact) mass is 319 g/mol. The molecule has 1 N–H and O–H groups in total. The fourth-order valence-corrected chi connectivity index (χ4v) is 3.16. The zero-order chi connectivity index (χ0) is 16.5. The molecule has 0 radical (unpaired) electrons. The molecule has 24 heavy (non-hydrogen) atoms. The Labute approximate surface area is 139 Å². The van der Waals surface area contributed by atoms with Gasteiger partial charge in [-0.25, -0.2) is 4.79 Å². The Morgan fingerprint density at radius 1 is 1.08 bits per heavy atom. The molecule has 0 aromatic heterocycles. The molecule has 4 nitrogen and oxygen atoms in total. The smallest absolute Gasteiger partial charge is 0.356 e. The molecule has 1 aliphatic rings. The number of benzene rings is 3. The first-order valence-electron chi connectivity index (χ1n) is 7.99. The molecule has 3 aromatic rings. The number of carbonyl (C=O) groups excluding carboxylic acids is 1. The summed E-state index contributed by atoms with van der Waals surface area (Å²) in [4.78, 5) is 17.6. The Kier molecular flexibility index (Phi) is 3.67. The highest BCUT2D eigenvalue weighted by Gasteiger charge is 2.26. The molecular weight excluding hydrogens is 302 g/mol. The first-order valence-corrected chi connectivity index (χ1v) is 7.99. The molecule has 1 aliphatic heterocycles. The minimum atomic E-state index is -0.399. The van der Waals surface area contributed by atoms with Crippen molar-refractivity contribution in [2.24, 2.45) is 0 Å². The quantitative estimate of drug-likeness (QED) is 0.585. The second kappa shape index (κ2) is 5.98. The molecule has 0 spiro atoms. The molecule has 0 fully saturated rings. The number of hydrogen-bond acceptors (Lipinski definition) is 4. The number of carbonyl (C=O) groups is 1. The van der Waals surface area contributed by atoms with Crippen molar-refractivity contribution in [1.29, 1.82) is 0 Å². The van der Waals surface area contributed by atoms with Gasteiger partial charge < -0.3 is 4.74 Å². The average Bonchev–Trinajstić information content (AvgIpc) is 3.09. The van der Waals surface area contributed by atoms with E-state index in [4.69, 9.17) is 9.57 Å². The average molecular weight is 319 g/mol. The first-order chi connectivity index (χ1) is 11.8. The largest absolute Gasteiger partial charge is 0.461 e. The van der Waals surface area contributed by atoms with Gasteiger partial charge in [-0.3, -0.25) is 10.3 Å². The lowest BCUT2D eigenvalue weighted by Gasteiger charge is -2.15. The maximum absolute atomic E-state index is 11.9. The van der Waals surface area contributed by atoms with E-state index in [1.54, 1.807) is 13.0 Å². The van der Waals surface area contributed by atoms with Gasteiger partial charge in [0.15, 0.2) is 0 Å². The van der Waals surface area contributed by atoms with Crippen LogP contribution in [0.1, 0.15) is 18.6 Å². The van der Waals surface area contributed by atoms with Crippen LogP contribution in [0.5, 0.6) is 0 Å². The lowest BCUT2D eigenvalue weighted by atomic mass is 9.93. The van der Waals surface area contributed by atoms with Crippen molar-refractivity contribution in [3.63, 3.8) is 0 Å². The fourth-order valence-electron chi connectivity index (χ4n) is 3.16. The normalized spacial score (nSPS) is 16.9. The maximum Gasteiger partial charge on any atom is 0.356 e. The molecular formula is C20H17NO3. The highest BCUT2D eigenvalue weighted by atomic mass is 16.7. The molecule has 1 unspecified atom stereocenters. The maximum atomic E-state index is 11.9. The van der Waals surface area contributed by atoms with Gasteiger partial charge in [-0.15, -0.1) is 0 Å². The topological polar surface area (TPSA) is 47.6 Å². The molecule has 3 aromatic carbocycles. The van der Waals surface area contributed by atoms with Crippen molar-refractivity contribution in [2.45, 2.75) is 13.0 Å². The summed E-state index contributed by atoms with van der Waals surface area (Å²) in [7, 11) is 0. The summed E-state index contributed by atoms with van der Waals surface area (Å²) in [5.74, 6) is -0.399. The van der Waals surface area contributed by atoms with Crippen LogP contribution in [0.25, 0.3) is 21.5 Å². The van der Waals surface area contributed by atoms with Gasteiger partial charge in [0, 0.05) is 5.56 Å². The number of rotatable bonds is 3. The second-order valence-corrected chi connectivity index (χ2v) is 5.67. The molecule has 1 atom stereocenters. The summed E-state index contributed by atoms with van der Waals surface area (Å²) in [6.07, 6.45) is 1.44. The molecule has 0 saturated carbocycles. The van der Waals surface area contributed by atoms with Crippen molar-refractivity contribution in [2.75, 3.05) is 6.61 Å². The van der Waals surface area contributed by atoms with Crippen LogP contribution in [0.3, 0.4) is 0 Å². The third kappa shape index (κ3) is 2.41. The predicted octanol–water partition coefficient (Wildman–Crippen LogP) is 4.02. The second-order valence-electron chi connectivity index (χ2n) is 5.67. The van der Waals surface area contributed by atoms with E-state index in [2.05, 4.69) is 35.8 Å². The summed E-state index contributed by atoms with van der Waals surface area (Å²) in [6.45, 7) is 2.11. The van der Waals surface area contributed by atoms with Gasteiger partial charge in [0.2, 0.25) is 0 Å². The number of hydrogen-bond donors (Lipinski definition) is 1. The molecule has 4 heteroatoms. The van der Waals surface area contributed by atoms with Crippen LogP contribution >= 0.6 is 0 Å². The van der Waals surface area contributed by atoms with Crippen LogP contribution in [0, 0.1) is 0 Å².